The number of nitrogens with one attached hydrogen (secondary N) is 1. The summed E-state index contributed by atoms with van der Waals surface area (Å²) in [4.78, 5) is 11.5. The van der Waals surface area contributed by atoms with Crippen LogP contribution in [0.5, 0.6) is 0 Å². The van der Waals surface area contributed by atoms with Gasteiger partial charge in [0, 0.05) is 16.6 Å². The normalized spacial score (nSPS) is 10.7. The van der Waals surface area contributed by atoms with E-state index in [-0.39, 0.29) is 12.4 Å². The Morgan fingerprint density at radius 2 is 2.00 bits per heavy atom. The predicted molar refractivity (Wildman–Crippen MR) is 92.4 cm³/mol. The third kappa shape index (κ3) is 6.24. The molecule has 2 aromatic rings. The average Bonchev–Trinajstić information content (AvgIpc) is 2.55. The third-order valence-electron chi connectivity index (χ3n) is 3.05. The van der Waals surface area contributed by atoms with E-state index in [4.69, 9.17) is 4.74 Å². The highest BCUT2D eigenvalue weighted by Gasteiger charge is 2.01. The topological polar surface area (TPSA) is 38.3 Å². The fourth-order valence-corrected chi connectivity index (χ4v) is 2.21. The minimum absolute atomic E-state index is 0.243. The fraction of sp³-hybridized carbons (Fsp3) is 0.167. The summed E-state index contributed by atoms with van der Waals surface area (Å²) in [5.41, 5.74) is 1.45. The van der Waals surface area contributed by atoms with E-state index < -0.39 is 6.09 Å². The Hall–Kier alpha value is -2.14. The van der Waals surface area contributed by atoms with Gasteiger partial charge in [0.25, 0.3) is 0 Å². The lowest BCUT2D eigenvalue weighted by atomic mass is 10.2. The molecule has 0 aromatic heterocycles. The van der Waals surface area contributed by atoms with E-state index in [2.05, 4.69) is 21.2 Å². The first-order valence-corrected chi connectivity index (χ1v) is 8.00. The van der Waals surface area contributed by atoms with Crippen LogP contribution in [0.1, 0.15) is 17.5 Å². The van der Waals surface area contributed by atoms with Crippen LogP contribution in [0.15, 0.2) is 59.1 Å². The van der Waals surface area contributed by atoms with Crippen molar-refractivity contribution in [2.75, 3.05) is 6.54 Å². The van der Waals surface area contributed by atoms with Crippen LogP contribution in [0.4, 0.5) is 9.18 Å². The Morgan fingerprint density at radius 3 is 2.74 bits per heavy atom. The van der Waals surface area contributed by atoms with Crippen molar-refractivity contribution in [3.63, 3.8) is 0 Å². The molecule has 0 unspecified atom stereocenters. The highest BCUT2D eigenvalue weighted by Crippen LogP contribution is 2.16. The number of amides is 1. The van der Waals surface area contributed by atoms with Gasteiger partial charge < -0.3 is 10.1 Å². The van der Waals surface area contributed by atoms with Gasteiger partial charge in [-0.1, -0.05) is 64.5 Å². The van der Waals surface area contributed by atoms with E-state index >= 15 is 0 Å². The Morgan fingerprint density at radius 1 is 1.22 bits per heavy atom. The van der Waals surface area contributed by atoms with Crippen LogP contribution in [-0.4, -0.2) is 12.6 Å². The molecule has 0 heterocycles. The molecular weight excluding hydrogens is 361 g/mol. The highest BCUT2D eigenvalue weighted by atomic mass is 79.9. The van der Waals surface area contributed by atoms with Crippen molar-refractivity contribution in [2.45, 2.75) is 13.0 Å². The Bertz CT molecular complexity index is 674. The Kier molecular flexibility index (Phi) is 6.81. The summed E-state index contributed by atoms with van der Waals surface area (Å²) in [5.74, 6) is -0.286. The smallest absolute Gasteiger partial charge is 0.407 e. The molecule has 0 radical (unpaired) electrons. The van der Waals surface area contributed by atoms with Crippen LogP contribution in [0.25, 0.3) is 6.08 Å². The van der Waals surface area contributed by atoms with Crippen LogP contribution in [0, 0.1) is 5.82 Å². The SMILES string of the molecule is O=C(NCCC=Cc1ccc(Br)cc1F)OCc1ccccc1. The maximum Gasteiger partial charge on any atom is 0.407 e. The van der Waals surface area contributed by atoms with Crippen molar-refractivity contribution >= 4 is 28.1 Å². The number of rotatable bonds is 6. The van der Waals surface area contributed by atoms with E-state index in [9.17, 15) is 9.18 Å². The number of carbonyl (C=O) groups excluding carboxylic acids is 1. The number of hydrogen-bond acceptors (Lipinski definition) is 2. The molecule has 0 bridgehead atoms. The summed E-state index contributed by atoms with van der Waals surface area (Å²) in [6, 6.07) is 14.4. The summed E-state index contributed by atoms with van der Waals surface area (Å²) >= 11 is 3.21. The second-order valence-corrected chi connectivity index (χ2v) is 5.76. The predicted octanol–water partition coefficient (Wildman–Crippen LogP) is 4.92. The van der Waals surface area contributed by atoms with E-state index in [1.54, 1.807) is 18.2 Å². The molecule has 0 atom stereocenters. The third-order valence-corrected chi connectivity index (χ3v) is 3.55. The largest absolute Gasteiger partial charge is 0.445 e. The van der Waals surface area contributed by atoms with Gasteiger partial charge in [-0.05, 0) is 24.1 Å². The van der Waals surface area contributed by atoms with Gasteiger partial charge in [-0.3, -0.25) is 0 Å². The van der Waals surface area contributed by atoms with Gasteiger partial charge in [-0.25, -0.2) is 9.18 Å². The van der Waals surface area contributed by atoms with E-state index in [0.29, 0.717) is 23.0 Å². The first-order valence-electron chi connectivity index (χ1n) is 7.21. The van der Waals surface area contributed by atoms with Gasteiger partial charge in [-0.15, -0.1) is 0 Å². The van der Waals surface area contributed by atoms with Gasteiger partial charge in [0.15, 0.2) is 0 Å². The molecule has 120 valence electrons. The number of benzene rings is 2. The van der Waals surface area contributed by atoms with E-state index in [1.807, 2.05) is 36.4 Å². The summed E-state index contributed by atoms with van der Waals surface area (Å²) in [7, 11) is 0. The van der Waals surface area contributed by atoms with Crippen LogP contribution < -0.4 is 5.32 Å². The zero-order valence-corrected chi connectivity index (χ0v) is 14.1. The van der Waals surface area contributed by atoms with Gasteiger partial charge in [0.2, 0.25) is 0 Å². The van der Waals surface area contributed by atoms with Gasteiger partial charge in [-0.2, -0.15) is 0 Å². The molecule has 2 aromatic carbocycles. The summed E-state index contributed by atoms with van der Waals surface area (Å²) in [6.45, 7) is 0.675. The lowest BCUT2D eigenvalue weighted by molar-refractivity contribution is 0.140. The van der Waals surface area contributed by atoms with Crippen molar-refractivity contribution in [1.82, 2.24) is 5.32 Å². The zero-order chi connectivity index (χ0) is 16.5. The van der Waals surface area contributed by atoms with Crippen molar-refractivity contribution in [2.24, 2.45) is 0 Å². The number of alkyl carbamates (subject to hydrolysis) is 1. The molecule has 1 amide bonds. The van der Waals surface area contributed by atoms with Crippen LogP contribution in [0.2, 0.25) is 0 Å². The molecule has 0 aliphatic carbocycles. The van der Waals surface area contributed by atoms with Crippen molar-refractivity contribution in [1.29, 1.82) is 0 Å². The van der Waals surface area contributed by atoms with Crippen LogP contribution in [-0.2, 0) is 11.3 Å². The quantitative estimate of drug-likeness (QED) is 0.725. The molecule has 0 aliphatic rings. The second-order valence-electron chi connectivity index (χ2n) is 4.85. The molecule has 5 heteroatoms. The summed E-state index contributed by atoms with van der Waals surface area (Å²) < 4.78 is 19.4. The standard InChI is InChI=1S/C18H17BrFNO2/c19-16-10-9-15(17(20)12-16)8-4-5-11-21-18(22)23-13-14-6-2-1-3-7-14/h1-4,6-10,12H,5,11,13H2,(H,21,22). The molecule has 0 saturated heterocycles. The number of hydrogen-bond donors (Lipinski definition) is 1. The lowest BCUT2D eigenvalue weighted by Gasteiger charge is -2.05. The number of ether oxygens (including phenoxy) is 1. The maximum atomic E-state index is 13.6. The molecule has 2 rings (SSSR count). The van der Waals surface area contributed by atoms with Crippen molar-refractivity contribution < 1.29 is 13.9 Å². The number of carbonyl (C=O) groups is 1. The molecule has 0 fully saturated rings. The Labute approximate surface area is 143 Å². The summed E-state index contributed by atoms with van der Waals surface area (Å²) in [5, 5.41) is 2.65. The van der Waals surface area contributed by atoms with Gasteiger partial charge in [0.05, 0.1) is 0 Å². The van der Waals surface area contributed by atoms with Gasteiger partial charge in [0.1, 0.15) is 12.4 Å². The van der Waals surface area contributed by atoms with Crippen molar-refractivity contribution in [3.05, 3.63) is 76.0 Å². The van der Waals surface area contributed by atoms with Crippen LogP contribution in [0.3, 0.4) is 0 Å². The maximum absolute atomic E-state index is 13.6. The molecule has 0 aliphatic heterocycles. The number of halogens is 2. The molecule has 0 spiro atoms. The van der Waals surface area contributed by atoms with Crippen LogP contribution >= 0.6 is 15.9 Å². The average molecular weight is 378 g/mol. The molecule has 3 nitrogen and oxygen atoms in total. The molecular formula is C18H17BrFNO2. The summed E-state index contributed by atoms with van der Waals surface area (Å²) in [6.07, 6.45) is 3.63. The lowest BCUT2D eigenvalue weighted by Crippen LogP contribution is -2.24. The van der Waals surface area contributed by atoms with Gasteiger partial charge >= 0.3 is 6.09 Å². The first kappa shape index (κ1) is 17.2. The fourth-order valence-electron chi connectivity index (χ4n) is 1.88. The van der Waals surface area contributed by atoms with E-state index in [0.717, 1.165) is 5.56 Å². The zero-order valence-electron chi connectivity index (χ0n) is 12.5. The molecule has 0 saturated carbocycles. The minimum atomic E-state index is -0.461. The monoisotopic (exact) mass is 377 g/mol. The highest BCUT2D eigenvalue weighted by molar-refractivity contribution is 9.10. The minimum Gasteiger partial charge on any atom is -0.445 e. The molecule has 1 N–H and O–H groups in total. The second kappa shape index (κ2) is 9.10. The Balaban J connectivity index is 1.66. The molecule has 23 heavy (non-hydrogen) atoms. The first-order chi connectivity index (χ1) is 11.1. The van der Waals surface area contributed by atoms with Crippen molar-refractivity contribution in [3.8, 4) is 0 Å². The van der Waals surface area contributed by atoms with E-state index in [1.165, 1.54) is 6.07 Å².